The number of hydrogen-bond acceptors (Lipinski definition) is 4. The lowest BCUT2D eigenvalue weighted by atomic mass is 10.1. The van der Waals surface area contributed by atoms with Gasteiger partial charge in [0.25, 0.3) is 5.91 Å². The van der Waals surface area contributed by atoms with Gasteiger partial charge in [-0.15, -0.1) is 0 Å². The van der Waals surface area contributed by atoms with Gasteiger partial charge in [-0.1, -0.05) is 17.7 Å². The van der Waals surface area contributed by atoms with Gasteiger partial charge in [0, 0.05) is 31.0 Å². The topological polar surface area (TPSA) is 68.5 Å². The van der Waals surface area contributed by atoms with Crippen LogP contribution in [0.2, 0.25) is 5.02 Å². The Kier molecular flexibility index (Phi) is 4.67. The number of carbonyl (C=O) groups excluding carboxylic acids is 1. The number of pyridine rings is 1. The van der Waals surface area contributed by atoms with Crippen LogP contribution in [0.3, 0.4) is 0 Å². The van der Waals surface area contributed by atoms with Gasteiger partial charge in [0.05, 0.1) is 0 Å². The molecule has 0 unspecified atom stereocenters. The molecular weight excluding hydrogens is 314 g/mol. The summed E-state index contributed by atoms with van der Waals surface area (Å²) < 4.78 is 5.93. The molecule has 1 aliphatic heterocycles. The molecule has 1 amide bonds. The van der Waals surface area contributed by atoms with E-state index in [0.717, 1.165) is 18.6 Å². The van der Waals surface area contributed by atoms with Gasteiger partial charge >= 0.3 is 0 Å². The highest BCUT2D eigenvalue weighted by Crippen LogP contribution is 2.21. The van der Waals surface area contributed by atoms with Gasteiger partial charge in [-0.25, -0.2) is 4.98 Å². The molecule has 0 bridgehead atoms. The van der Waals surface area contributed by atoms with E-state index >= 15 is 0 Å². The van der Waals surface area contributed by atoms with Gasteiger partial charge in [-0.3, -0.25) is 4.79 Å². The third-order valence-corrected chi connectivity index (χ3v) is 4.09. The highest BCUT2D eigenvalue weighted by molar-refractivity contribution is 6.30. The number of carbonyl (C=O) groups is 1. The second kappa shape index (κ2) is 6.87. The molecule has 2 N–H and O–H groups in total. The number of ether oxygens (including phenoxy) is 1. The molecule has 0 spiro atoms. The summed E-state index contributed by atoms with van der Waals surface area (Å²) in [6, 6.07) is 12.4. The first-order valence-corrected chi connectivity index (χ1v) is 7.93. The lowest BCUT2D eigenvalue weighted by Crippen LogP contribution is -2.42. The minimum atomic E-state index is -0.0813. The van der Waals surface area contributed by atoms with Gasteiger partial charge in [0.2, 0.25) is 0 Å². The van der Waals surface area contributed by atoms with Crippen molar-refractivity contribution in [3.05, 3.63) is 53.2 Å². The van der Waals surface area contributed by atoms with Crippen LogP contribution in [-0.4, -0.2) is 35.0 Å². The monoisotopic (exact) mass is 331 g/mol. The summed E-state index contributed by atoms with van der Waals surface area (Å²) in [5.74, 6) is 1.08. The Hall–Kier alpha value is -2.27. The predicted molar refractivity (Wildman–Crippen MR) is 89.7 cm³/mol. The second-order valence-corrected chi connectivity index (χ2v) is 5.95. The molecule has 0 aliphatic carbocycles. The minimum absolute atomic E-state index is 0.0813. The maximum Gasteiger partial charge on any atom is 0.272 e. The van der Waals surface area contributed by atoms with Crippen LogP contribution in [0.5, 0.6) is 5.75 Å². The van der Waals surface area contributed by atoms with Gasteiger partial charge < -0.3 is 15.4 Å². The number of rotatable bonds is 3. The van der Waals surface area contributed by atoms with E-state index in [0.29, 0.717) is 29.6 Å². The van der Waals surface area contributed by atoms with Crippen LogP contribution in [-0.2, 0) is 0 Å². The fourth-order valence-corrected chi connectivity index (χ4v) is 2.74. The van der Waals surface area contributed by atoms with Crippen LogP contribution in [0, 0.1) is 0 Å². The largest absolute Gasteiger partial charge is 0.490 e. The molecule has 23 heavy (non-hydrogen) atoms. The maximum absolute atomic E-state index is 12.4. The van der Waals surface area contributed by atoms with Crippen molar-refractivity contribution in [2.24, 2.45) is 0 Å². The van der Waals surface area contributed by atoms with Crippen molar-refractivity contribution in [1.29, 1.82) is 0 Å². The van der Waals surface area contributed by atoms with E-state index in [-0.39, 0.29) is 12.0 Å². The molecule has 0 saturated carbocycles. The molecule has 0 atom stereocenters. The number of piperidine rings is 1. The summed E-state index contributed by atoms with van der Waals surface area (Å²) in [6.45, 7) is 1.29. The average Bonchev–Trinajstić information content (AvgIpc) is 2.57. The first kappa shape index (κ1) is 15.6. The van der Waals surface area contributed by atoms with Gasteiger partial charge in [0.1, 0.15) is 23.4 Å². The van der Waals surface area contributed by atoms with Gasteiger partial charge in [-0.2, -0.15) is 0 Å². The summed E-state index contributed by atoms with van der Waals surface area (Å²) >= 11 is 5.86. The van der Waals surface area contributed by atoms with Crippen molar-refractivity contribution in [3.8, 4) is 5.75 Å². The highest BCUT2D eigenvalue weighted by atomic mass is 35.5. The number of nitrogens with two attached hydrogens (primary N) is 1. The lowest BCUT2D eigenvalue weighted by molar-refractivity contribution is 0.0590. The molecule has 3 rings (SSSR count). The van der Waals surface area contributed by atoms with E-state index < -0.39 is 0 Å². The number of nitrogen functional groups attached to an aromatic ring is 1. The number of amides is 1. The first-order valence-electron chi connectivity index (χ1n) is 7.56. The Labute approximate surface area is 140 Å². The van der Waals surface area contributed by atoms with E-state index in [2.05, 4.69) is 4.98 Å². The molecule has 1 saturated heterocycles. The Morgan fingerprint density at radius 3 is 2.52 bits per heavy atom. The fourth-order valence-electron chi connectivity index (χ4n) is 2.61. The number of likely N-dealkylation sites (tertiary alicyclic amines) is 1. The van der Waals surface area contributed by atoms with Crippen LogP contribution < -0.4 is 10.5 Å². The molecule has 1 aliphatic rings. The van der Waals surface area contributed by atoms with E-state index in [1.807, 2.05) is 12.1 Å². The van der Waals surface area contributed by atoms with Crippen LogP contribution >= 0.6 is 11.6 Å². The standard InChI is InChI=1S/C17H18ClN3O2/c18-12-4-6-13(7-5-12)23-14-8-10-21(11-9-14)17(22)15-2-1-3-16(19)20-15/h1-7,14H,8-11H2,(H2,19,20). The number of hydrogen-bond donors (Lipinski definition) is 1. The van der Waals surface area contributed by atoms with Crippen molar-refractivity contribution >= 4 is 23.3 Å². The Bertz CT molecular complexity index is 682. The summed E-state index contributed by atoms with van der Waals surface area (Å²) in [4.78, 5) is 18.3. The Balaban J connectivity index is 1.55. The van der Waals surface area contributed by atoms with Crippen molar-refractivity contribution in [2.45, 2.75) is 18.9 Å². The van der Waals surface area contributed by atoms with Gasteiger partial charge in [-0.05, 0) is 36.4 Å². The summed E-state index contributed by atoms with van der Waals surface area (Å²) in [5, 5.41) is 0.687. The zero-order valence-electron chi connectivity index (χ0n) is 12.6. The molecule has 0 radical (unpaired) electrons. The summed E-state index contributed by atoms with van der Waals surface area (Å²) in [7, 11) is 0. The second-order valence-electron chi connectivity index (χ2n) is 5.51. The lowest BCUT2D eigenvalue weighted by Gasteiger charge is -2.32. The molecule has 1 aromatic carbocycles. The SMILES string of the molecule is Nc1cccc(C(=O)N2CCC(Oc3ccc(Cl)cc3)CC2)n1. The van der Waals surface area contributed by atoms with E-state index in [9.17, 15) is 4.79 Å². The average molecular weight is 332 g/mol. The molecule has 2 aromatic rings. The van der Waals surface area contributed by atoms with Crippen molar-refractivity contribution in [3.63, 3.8) is 0 Å². The predicted octanol–water partition coefficient (Wildman–Crippen LogP) is 3.00. The first-order chi connectivity index (χ1) is 11.1. The van der Waals surface area contributed by atoms with Crippen molar-refractivity contribution < 1.29 is 9.53 Å². The highest BCUT2D eigenvalue weighted by Gasteiger charge is 2.25. The smallest absolute Gasteiger partial charge is 0.272 e. The number of halogens is 1. The molecule has 2 heterocycles. The van der Waals surface area contributed by atoms with Crippen LogP contribution in [0.15, 0.2) is 42.5 Å². The van der Waals surface area contributed by atoms with E-state index in [1.54, 1.807) is 35.2 Å². The number of nitrogens with zero attached hydrogens (tertiary/aromatic N) is 2. The van der Waals surface area contributed by atoms with Gasteiger partial charge in [0.15, 0.2) is 0 Å². The summed E-state index contributed by atoms with van der Waals surface area (Å²) in [6.07, 6.45) is 1.68. The normalized spacial score (nSPS) is 15.4. The Morgan fingerprint density at radius 2 is 1.87 bits per heavy atom. The number of benzene rings is 1. The number of anilines is 1. The van der Waals surface area contributed by atoms with Crippen molar-refractivity contribution in [1.82, 2.24) is 9.88 Å². The van der Waals surface area contributed by atoms with E-state index in [4.69, 9.17) is 22.1 Å². The zero-order chi connectivity index (χ0) is 16.2. The van der Waals surface area contributed by atoms with Crippen molar-refractivity contribution in [2.75, 3.05) is 18.8 Å². The minimum Gasteiger partial charge on any atom is -0.490 e. The zero-order valence-corrected chi connectivity index (χ0v) is 13.4. The molecule has 1 aromatic heterocycles. The molecule has 5 nitrogen and oxygen atoms in total. The summed E-state index contributed by atoms with van der Waals surface area (Å²) in [5.41, 5.74) is 6.02. The molecule has 120 valence electrons. The molecular formula is C17H18ClN3O2. The molecule has 1 fully saturated rings. The van der Waals surface area contributed by atoms with E-state index in [1.165, 1.54) is 0 Å². The molecule has 6 heteroatoms. The van der Waals surface area contributed by atoms with Crippen LogP contribution in [0.4, 0.5) is 5.82 Å². The third kappa shape index (κ3) is 3.93. The Morgan fingerprint density at radius 1 is 1.17 bits per heavy atom. The maximum atomic E-state index is 12.4. The third-order valence-electron chi connectivity index (χ3n) is 3.84. The van der Waals surface area contributed by atoms with Crippen LogP contribution in [0.1, 0.15) is 23.3 Å². The number of aromatic nitrogens is 1. The quantitative estimate of drug-likeness (QED) is 0.938. The fraction of sp³-hybridized carbons (Fsp3) is 0.294. The van der Waals surface area contributed by atoms with Crippen LogP contribution in [0.25, 0.3) is 0 Å².